The Labute approximate surface area is 97.1 Å². The van der Waals surface area contributed by atoms with Crippen LogP contribution in [0, 0.1) is 0 Å². The summed E-state index contributed by atoms with van der Waals surface area (Å²) in [6.45, 7) is -0.156. The normalized spacial score (nSPS) is 10.4. The molecule has 88 valence electrons. The van der Waals surface area contributed by atoms with Crippen molar-refractivity contribution in [2.24, 2.45) is 0 Å². The van der Waals surface area contributed by atoms with Crippen molar-refractivity contribution < 1.29 is 15.0 Å². The average molecular weight is 233 g/mol. The molecule has 0 aliphatic rings. The minimum atomic E-state index is -0.860. The Morgan fingerprint density at radius 3 is 2.53 bits per heavy atom. The molecule has 2 rings (SSSR count). The van der Waals surface area contributed by atoms with Crippen LogP contribution < -0.4 is 0 Å². The molecule has 1 aromatic carbocycles. The third-order valence-corrected chi connectivity index (χ3v) is 2.26. The van der Waals surface area contributed by atoms with Crippen LogP contribution >= 0.6 is 0 Å². The zero-order valence-electron chi connectivity index (χ0n) is 8.95. The van der Waals surface area contributed by atoms with Crippen LogP contribution in [0.25, 0.3) is 5.69 Å². The molecule has 0 fully saturated rings. The number of aliphatic hydroxyl groups is 1. The average Bonchev–Trinajstić information content (AvgIpc) is 2.78. The van der Waals surface area contributed by atoms with E-state index >= 15 is 0 Å². The fourth-order valence-electron chi connectivity index (χ4n) is 1.44. The van der Waals surface area contributed by atoms with E-state index in [1.807, 2.05) is 0 Å². The summed E-state index contributed by atoms with van der Waals surface area (Å²) in [5.41, 5.74) is 1.98. The van der Waals surface area contributed by atoms with Gasteiger partial charge in [-0.05, 0) is 17.7 Å². The van der Waals surface area contributed by atoms with Crippen molar-refractivity contribution in [2.75, 3.05) is 0 Å². The Bertz CT molecular complexity index is 519. The summed E-state index contributed by atoms with van der Waals surface area (Å²) < 4.78 is 1.52. The second-order valence-electron chi connectivity index (χ2n) is 3.55. The van der Waals surface area contributed by atoms with Gasteiger partial charge in [-0.25, -0.2) is 4.68 Å². The lowest BCUT2D eigenvalue weighted by atomic mass is 10.1. The van der Waals surface area contributed by atoms with Crippen LogP contribution in [-0.4, -0.2) is 31.2 Å². The van der Waals surface area contributed by atoms with Crippen molar-refractivity contribution in [1.29, 1.82) is 0 Å². The van der Waals surface area contributed by atoms with Crippen molar-refractivity contribution in [3.8, 4) is 5.69 Å². The molecule has 0 saturated carbocycles. The number of nitrogens with zero attached hydrogens (tertiary/aromatic N) is 3. The zero-order chi connectivity index (χ0) is 12.3. The second-order valence-corrected chi connectivity index (χ2v) is 3.55. The number of aliphatic carboxylic acids is 1. The lowest BCUT2D eigenvalue weighted by molar-refractivity contribution is -0.136. The summed E-state index contributed by atoms with van der Waals surface area (Å²) in [5, 5.41) is 25.1. The lowest BCUT2D eigenvalue weighted by Crippen LogP contribution is -2.00. The lowest BCUT2D eigenvalue weighted by Gasteiger charge is -2.01. The largest absolute Gasteiger partial charge is 0.481 e. The Balaban J connectivity index is 2.19. The maximum absolute atomic E-state index is 10.5. The highest BCUT2D eigenvalue weighted by atomic mass is 16.4. The van der Waals surface area contributed by atoms with Gasteiger partial charge in [0.1, 0.15) is 5.69 Å². The summed E-state index contributed by atoms with van der Waals surface area (Å²) in [7, 11) is 0. The van der Waals surface area contributed by atoms with E-state index in [1.54, 1.807) is 30.5 Å². The summed E-state index contributed by atoms with van der Waals surface area (Å²) in [4.78, 5) is 10.5. The Morgan fingerprint density at radius 2 is 2.00 bits per heavy atom. The predicted octanol–water partition coefficient (Wildman–Crippen LogP) is 0.387. The molecule has 0 bridgehead atoms. The van der Waals surface area contributed by atoms with Gasteiger partial charge < -0.3 is 10.2 Å². The number of aliphatic hydroxyl groups excluding tert-OH is 1. The van der Waals surface area contributed by atoms with Crippen LogP contribution in [-0.2, 0) is 17.8 Å². The van der Waals surface area contributed by atoms with Crippen molar-refractivity contribution in [3.05, 3.63) is 41.7 Å². The van der Waals surface area contributed by atoms with Gasteiger partial charge in [-0.1, -0.05) is 17.3 Å². The summed E-state index contributed by atoms with van der Waals surface area (Å²) >= 11 is 0. The Kier molecular flexibility index (Phi) is 3.15. The maximum atomic E-state index is 10.5. The van der Waals surface area contributed by atoms with Gasteiger partial charge in [0.25, 0.3) is 0 Å². The molecule has 0 spiro atoms. The van der Waals surface area contributed by atoms with Crippen LogP contribution in [0.2, 0.25) is 0 Å². The van der Waals surface area contributed by atoms with Gasteiger partial charge in [-0.2, -0.15) is 0 Å². The highest BCUT2D eigenvalue weighted by Gasteiger charge is 2.03. The molecule has 0 atom stereocenters. The highest BCUT2D eigenvalue weighted by Crippen LogP contribution is 2.09. The first-order chi connectivity index (χ1) is 8.19. The third-order valence-electron chi connectivity index (χ3n) is 2.26. The van der Waals surface area contributed by atoms with E-state index in [0.717, 1.165) is 11.3 Å². The number of benzene rings is 1. The molecular formula is C11H11N3O3. The van der Waals surface area contributed by atoms with Crippen molar-refractivity contribution in [2.45, 2.75) is 13.0 Å². The van der Waals surface area contributed by atoms with E-state index in [4.69, 9.17) is 10.2 Å². The molecule has 0 amide bonds. The Morgan fingerprint density at radius 1 is 1.29 bits per heavy atom. The minimum Gasteiger partial charge on any atom is -0.481 e. The first kappa shape index (κ1) is 11.3. The molecule has 0 unspecified atom stereocenters. The van der Waals surface area contributed by atoms with Gasteiger partial charge in [0, 0.05) is 0 Å². The van der Waals surface area contributed by atoms with E-state index in [2.05, 4.69) is 10.3 Å². The molecule has 1 aromatic heterocycles. The van der Waals surface area contributed by atoms with Crippen LogP contribution in [0.3, 0.4) is 0 Å². The molecule has 6 nitrogen and oxygen atoms in total. The Hall–Kier alpha value is -2.21. The van der Waals surface area contributed by atoms with Crippen LogP contribution in [0.1, 0.15) is 11.3 Å². The molecular weight excluding hydrogens is 222 g/mol. The number of hydrogen-bond donors (Lipinski definition) is 2. The molecule has 1 heterocycles. The number of carboxylic acids is 1. The monoisotopic (exact) mass is 233 g/mol. The van der Waals surface area contributed by atoms with Crippen LogP contribution in [0.4, 0.5) is 0 Å². The molecule has 2 aromatic rings. The predicted molar refractivity (Wildman–Crippen MR) is 58.6 cm³/mol. The van der Waals surface area contributed by atoms with Gasteiger partial charge in [0.05, 0.1) is 24.9 Å². The molecule has 0 aliphatic carbocycles. The van der Waals surface area contributed by atoms with E-state index in [-0.39, 0.29) is 13.0 Å². The molecule has 0 saturated heterocycles. The molecule has 2 N–H and O–H groups in total. The summed E-state index contributed by atoms with van der Waals surface area (Å²) in [6.07, 6.45) is 1.62. The zero-order valence-corrected chi connectivity index (χ0v) is 8.95. The minimum absolute atomic E-state index is 0.000469. The van der Waals surface area contributed by atoms with E-state index in [9.17, 15) is 4.79 Å². The number of hydrogen-bond acceptors (Lipinski definition) is 4. The van der Waals surface area contributed by atoms with Gasteiger partial charge in [-0.3, -0.25) is 4.79 Å². The van der Waals surface area contributed by atoms with E-state index in [0.29, 0.717) is 5.69 Å². The van der Waals surface area contributed by atoms with Gasteiger partial charge in [0.2, 0.25) is 0 Å². The standard InChI is InChI=1S/C11H11N3O3/c15-7-9-6-14(13-12-9)10-3-1-8(2-4-10)5-11(16)17/h1-4,6,15H,5,7H2,(H,16,17). The maximum Gasteiger partial charge on any atom is 0.307 e. The fourth-order valence-corrected chi connectivity index (χ4v) is 1.44. The summed E-state index contributed by atoms with van der Waals surface area (Å²) in [5.74, 6) is -0.860. The van der Waals surface area contributed by atoms with E-state index in [1.165, 1.54) is 4.68 Å². The topological polar surface area (TPSA) is 88.2 Å². The van der Waals surface area contributed by atoms with Gasteiger partial charge in [0.15, 0.2) is 0 Å². The third kappa shape index (κ3) is 2.67. The second kappa shape index (κ2) is 4.75. The highest BCUT2D eigenvalue weighted by molar-refractivity contribution is 5.70. The van der Waals surface area contributed by atoms with E-state index < -0.39 is 5.97 Å². The smallest absolute Gasteiger partial charge is 0.307 e. The summed E-state index contributed by atoms with van der Waals surface area (Å²) in [6, 6.07) is 6.97. The quantitative estimate of drug-likeness (QED) is 0.797. The van der Waals surface area contributed by atoms with Gasteiger partial charge >= 0.3 is 5.97 Å². The number of carboxylic acid groups (broad SMARTS) is 1. The molecule has 0 radical (unpaired) electrons. The van der Waals surface area contributed by atoms with Gasteiger partial charge in [-0.15, -0.1) is 5.10 Å². The van der Waals surface area contributed by atoms with Crippen molar-refractivity contribution in [1.82, 2.24) is 15.0 Å². The number of aromatic nitrogens is 3. The molecule has 0 aliphatic heterocycles. The van der Waals surface area contributed by atoms with Crippen molar-refractivity contribution >= 4 is 5.97 Å². The number of rotatable bonds is 4. The van der Waals surface area contributed by atoms with Crippen molar-refractivity contribution in [3.63, 3.8) is 0 Å². The van der Waals surface area contributed by atoms with Crippen LogP contribution in [0.15, 0.2) is 30.5 Å². The first-order valence-corrected chi connectivity index (χ1v) is 5.02. The first-order valence-electron chi connectivity index (χ1n) is 5.02. The SMILES string of the molecule is O=C(O)Cc1ccc(-n2cc(CO)nn2)cc1. The number of carbonyl (C=O) groups is 1. The molecule has 6 heteroatoms. The molecule has 17 heavy (non-hydrogen) atoms. The van der Waals surface area contributed by atoms with Crippen LogP contribution in [0.5, 0.6) is 0 Å². The fraction of sp³-hybridized carbons (Fsp3) is 0.182.